The molecule has 120 valence electrons. The normalized spacial score (nSPS) is 20.0. The molecule has 2 aromatic rings. The maximum Gasteiger partial charge on any atom is 0.198 e. The second-order valence-electron chi connectivity index (χ2n) is 5.05. The summed E-state index contributed by atoms with van der Waals surface area (Å²) in [4.78, 5) is 12.2. The first-order chi connectivity index (χ1) is 10.8. The molecule has 4 N–H and O–H groups in total. The summed E-state index contributed by atoms with van der Waals surface area (Å²) in [7, 11) is 0. The fourth-order valence-corrected chi connectivity index (χ4v) is 2.43. The largest absolute Gasteiger partial charge is 0.872 e. The van der Waals surface area contributed by atoms with Crippen LogP contribution in [0.25, 0.3) is 0 Å². The van der Waals surface area contributed by atoms with Gasteiger partial charge in [0.05, 0.1) is 5.56 Å². The van der Waals surface area contributed by atoms with Crippen molar-refractivity contribution in [1.82, 2.24) is 0 Å². The second kappa shape index (κ2) is 4.96. The van der Waals surface area contributed by atoms with Crippen LogP contribution >= 0.6 is 0 Å². The second-order valence-corrected chi connectivity index (χ2v) is 5.05. The van der Waals surface area contributed by atoms with Crippen LogP contribution in [-0.4, -0.2) is 32.3 Å². The summed E-state index contributed by atoms with van der Waals surface area (Å²) in [6.45, 7) is 0. The first-order valence-electron chi connectivity index (χ1n) is 6.45. The van der Waals surface area contributed by atoms with Gasteiger partial charge in [0.1, 0.15) is 23.0 Å². The summed E-state index contributed by atoms with van der Waals surface area (Å²) < 4.78 is 5.36. The van der Waals surface area contributed by atoms with Crippen LogP contribution in [0.3, 0.4) is 0 Å². The van der Waals surface area contributed by atoms with Gasteiger partial charge in [-0.05, 0) is 23.9 Å². The van der Waals surface area contributed by atoms with Gasteiger partial charge in [-0.15, -0.1) is 0 Å². The lowest BCUT2D eigenvalue weighted by Crippen LogP contribution is -2.36. The van der Waals surface area contributed by atoms with Crippen molar-refractivity contribution < 1.29 is 40.2 Å². The average molecular weight is 318 g/mol. The first kappa shape index (κ1) is 14.8. The van der Waals surface area contributed by atoms with Crippen LogP contribution < -0.4 is 14.9 Å². The molecule has 8 heteroatoms. The molecule has 1 aliphatic rings. The van der Waals surface area contributed by atoms with Crippen molar-refractivity contribution in [1.29, 1.82) is 0 Å². The van der Waals surface area contributed by atoms with Crippen LogP contribution in [0, 0.1) is 0 Å². The molecule has 0 saturated carbocycles. The highest BCUT2D eigenvalue weighted by Crippen LogP contribution is 2.43. The van der Waals surface area contributed by atoms with Crippen molar-refractivity contribution in [3.63, 3.8) is 0 Å². The Morgan fingerprint density at radius 3 is 2.22 bits per heavy atom. The monoisotopic (exact) mass is 318 g/mol. The van der Waals surface area contributed by atoms with Gasteiger partial charge < -0.3 is 35.4 Å². The zero-order valence-corrected chi connectivity index (χ0v) is 11.4. The zero-order valence-electron chi connectivity index (χ0n) is 11.4. The van der Waals surface area contributed by atoms with Gasteiger partial charge >= 0.3 is 0 Å². The number of benzene rings is 2. The summed E-state index contributed by atoms with van der Waals surface area (Å²) in [6, 6.07) is 3.73. The SMILES string of the molecule is O=C1c2c([O-])cc(O)cc2O[C@H](c2cc(O)c([O-])c(O)c2)[C@H]1O. The van der Waals surface area contributed by atoms with Gasteiger partial charge in [-0.3, -0.25) is 4.79 Å². The Morgan fingerprint density at radius 2 is 1.61 bits per heavy atom. The average Bonchev–Trinajstić information content (AvgIpc) is 2.47. The number of aliphatic hydroxyl groups is 1. The minimum absolute atomic E-state index is 0.0399. The van der Waals surface area contributed by atoms with E-state index in [0.29, 0.717) is 0 Å². The zero-order chi connectivity index (χ0) is 16.9. The molecule has 0 saturated heterocycles. The van der Waals surface area contributed by atoms with Crippen LogP contribution in [0.15, 0.2) is 24.3 Å². The van der Waals surface area contributed by atoms with E-state index < -0.39 is 52.3 Å². The molecule has 0 radical (unpaired) electrons. The third kappa shape index (κ3) is 2.25. The van der Waals surface area contributed by atoms with E-state index in [1.165, 1.54) is 0 Å². The van der Waals surface area contributed by atoms with Crippen LogP contribution in [0.2, 0.25) is 0 Å². The molecule has 0 unspecified atom stereocenters. The number of Topliss-reactive ketones (excluding diaryl/α,β-unsaturated/α-hetero) is 1. The van der Waals surface area contributed by atoms with Crippen LogP contribution in [0.4, 0.5) is 0 Å². The third-order valence-electron chi connectivity index (χ3n) is 3.51. The number of hydrogen-bond acceptors (Lipinski definition) is 8. The van der Waals surface area contributed by atoms with Gasteiger partial charge in [0.2, 0.25) is 0 Å². The van der Waals surface area contributed by atoms with Crippen molar-refractivity contribution in [2.24, 2.45) is 0 Å². The molecular weight excluding hydrogens is 308 g/mol. The van der Waals surface area contributed by atoms with Gasteiger partial charge in [0.15, 0.2) is 18.0 Å². The van der Waals surface area contributed by atoms with Crippen LogP contribution in [0.5, 0.6) is 34.5 Å². The van der Waals surface area contributed by atoms with Gasteiger partial charge in [-0.1, -0.05) is 5.75 Å². The number of rotatable bonds is 1. The Bertz CT molecular complexity index is 790. The number of aromatic hydroxyl groups is 3. The number of phenols is 3. The van der Waals surface area contributed by atoms with Gasteiger partial charge in [-0.2, -0.15) is 0 Å². The number of ketones is 1. The van der Waals surface area contributed by atoms with E-state index in [-0.39, 0.29) is 11.3 Å². The van der Waals surface area contributed by atoms with Gasteiger partial charge in [0.25, 0.3) is 0 Å². The molecule has 0 fully saturated rings. The molecule has 0 aromatic heterocycles. The lowest BCUT2D eigenvalue weighted by Gasteiger charge is -2.32. The third-order valence-corrected chi connectivity index (χ3v) is 3.51. The molecule has 2 aromatic carbocycles. The van der Waals surface area contributed by atoms with Crippen molar-refractivity contribution in [2.45, 2.75) is 12.2 Å². The predicted octanol–water partition coefficient (Wildman–Crippen LogP) is -0.372. The van der Waals surface area contributed by atoms with Crippen LogP contribution in [0.1, 0.15) is 22.0 Å². The minimum Gasteiger partial charge on any atom is -0.872 e. The highest BCUT2D eigenvalue weighted by molar-refractivity contribution is 6.05. The molecule has 0 aliphatic carbocycles. The summed E-state index contributed by atoms with van der Waals surface area (Å²) in [5.41, 5.74) is -0.442. The molecule has 23 heavy (non-hydrogen) atoms. The Hall–Kier alpha value is -3.13. The lowest BCUT2D eigenvalue weighted by atomic mass is 9.92. The van der Waals surface area contributed by atoms with E-state index >= 15 is 0 Å². The number of fused-ring (bicyclic) bond motifs is 1. The van der Waals surface area contributed by atoms with E-state index in [1.807, 2.05) is 0 Å². The van der Waals surface area contributed by atoms with Crippen molar-refractivity contribution in [2.75, 3.05) is 0 Å². The summed E-state index contributed by atoms with van der Waals surface area (Å²) in [6.07, 6.45) is -3.15. The van der Waals surface area contributed by atoms with Gasteiger partial charge in [-0.25, -0.2) is 0 Å². The fraction of sp³-hybridized carbons (Fsp3) is 0.133. The summed E-state index contributed by atoms with van der Waals surface area (Å²) in [5, 5.41) is 61.5. The molecular formula is C15H10O8-2. The summed E-state index contributed by atoms with van der Waals surface area (Å²) >= 11 is 0. The number of hydrogen-bond donors (Lipinski definition) is 4. The molecule has 8 nitrogen and oxygen atoms in total. The Balaban J connectivity index is 2.11. The van der Waals surface area contributed by atoms with E-state index in [0.717, 1.165) is 24.3 Å². The molecule has 2 atom stereocenters. The Labute approximate surface area is 129 Å². The lowest BCUT2D eigenvalue weighted by molar-refractivity contribution is -0.272. The quantitative estimate of drug-likeness (QED) is 0.555. The van der Waals surface area contributed by atoms with E-state index in [2.05, 4.69) is 0 Å². The fourth-order valence-electron chi connectivity index (χ4n) is 2.43. The highest BCUT2D eigenvalue weighted by Gasteiger charge is 2.38. The smallest absolute Gasteiger partial charge is 0.198 e. The molecule has 3 rings (SSSR count). The number of carbonyl (C=O) groups is 1. The number of aliphatic hydroxyl groups excluding tert-OH is 1. The first-order valence-corrected chi connectivity index (χ1v) is 6.45. The van der Waals surface area contributed by atoms with E-state index in [1.54, 1.807) is 0 Å². The predicted molar refractivity (Wildman–Crippen MR) is 70.5 cm³/mol. The van der Waals surface area contributed by atoms with Crippen molar-refractivity contribution in [3.8, 4) is 34.5 Å². The molecule has 0 spiro atoms. The maximum absolute atomic E-state index is 12.2. The van der Waals surface area contributed by atoms with Crippen molar-refractivity contribution >= 4 is 5.78 Å². The Kier molecular flexibility index (Phi) is 3.19. The van der Waals surface area contributed by atoms with Crippen LogP contribution in [-0.2, 0) is 0 Å². The molecule has 0 bridgehead atoms. The molecule has 0 amide bonds. The number of phenolic OH excluding ortho intramolecular Hbond substituents is 3. The van der Waals surface area contributed by atoms with Crippen molar-refractivity contribution in [3.05, 3.63) is 35.4 Å². The molecule has 1 aliphatic heterocycles. The number of carbonyl (C=O) groups excluding carboxylic acids is 1. The highest BCUT2D eigenvalue weighted by atomic mass is 16.5. The topological polar surface area (TPSA) is 153 Å². The summed E-state index contributed by atoms with van der Waals surface area (Å²) in [5.74, 6) is -4.96. The Morgan fingerprint density at radius 1 is 1.00 bits per heavy atom. The molecule has 1 heterocycles. The number of ether oxygens (including phenoxy) is 1. The maximum atomic E-state index is 12.2. The van der Waals surface area contributed by atoms with E-state index in [9.17, 15) is 35.4 Å². The minimum atomic E-state index is -1.78. The van der Waals surface area contributed by atoms with E-state index in [4.69, 9.17) is 4.74 Å². The van der Waals surface area contributed by atoms with Gasteiger partial charge in [0, 0.05) is 11.6 Å². The standard InChI is InChI=1S/C15H12O8/c16-6-3-7(17)11-10(4-6)23-15(14(22)13(11)21)5-1-8(18)12(20)9(19)2-5/h1-4,14-20,22H/p-2/t14-,15+/m0/s1.